The van der Waals surface area contributed by atoms with Crippen molar-refractivity contribution in [2.24, 2.45) is 5.73 Å². The first-order valence-corrected chi connectivity index (χ1v) is 12.2. The van der Waals surface area contributed by atoms with E-state index < -0.39 is 12.1 Å². The first-order valence-electron chi connectivity index (χ1n) is 12.2. The summed E-state index contributed by atoms with van der Waals surface area (Å²) in [4.78, 5) is 28.4. The highest BCUT2D eigenvalue weighted by atomic mass is 16.3. The van der Waals surface area contributed by atoms with E-state index in [-0.39, 0.29) is 18.4 Å². The first-order chi connectivity index (χ1) is 17.6. The van der Waals surface area contributed by atoms with Gasteiger partial charge in [-0.2, -0.15) is 0 Å². The lowest BCUT2D eigenvalue weighted by atomic mass is 9.92. The van der Waals surface area contributed by atoms with Crippen LogP contribution in [0, 0.1) is 0 Å². The molecule has 0 radical (unpaired) electrons. The number of hydrogen-bond donors (Lipinski definition) is 2. The molecule has 0 saturated heterocycles. The van der Waals surface area contributed by atoms with Crippen LogP contribution in [-0.2, 0) is 35.5 Å². The van der Waals surface area contributed by atoms with Gasteiger partial charge in [-0.3, -0.25) is 9.59 Å². The lowest BCUT2D eigenvalue weighted by Gasteiger charge is -2.37. The molecule has 5 rings (SSSR count). The van der Waals surface area contributed by atoms with Gasteiger partial charge in [0.25, 0.3) is 0 Å². The minimum absolute atomic E-state index is 0.214. The fraction of sp³-hybridized carbons (Fsp3) is 0.200. The maximum atomic E-state index is 13.6. The van der Waals surface area contributed by atoms with E-state index in [0.717, 1.165) is 27.8 Å². The Balaban J connectivity index is 1.30. The fourth-order valence-corrected chi connectivity index (χ4v) is 4.71. The van der Waals surface area contributed by atoms with Crippen LogP contribution in [0.15, 0.2) is 102 Å². The number of nitrogens with two attached hydrogens (primary N) is 1. The maximum Gasteiger partial charge on any atom is 0.243 e. The molecule has 6 nitrogen and oxygen atoms in total. The zero-order chi connectivity index (χ0) is 24.9. The summed E-state index contributed by atoms with van der Waals surface area (Å²) in [6, 6.07) is 28.4. The van der Waals surface area contributed by atoms with Crippen LogP contribution in [0.2, 0.25) is 0 Å². The number of furan rings is 1. The summed E-state index contributed by atoms with van der Waals surface area (Å²) in [7, 11) is 0. The molecular formula is C30H29N3O3. The second-order valence-electron chi connectivity index (χ2n) is 9.13. The molecular weight excluding hydrogens is 450 g/mol. The zero-order valence-electron chi connectivity index (χ0n) is 20.0. The minimum atomic E-state index is -0.752. The predicted molar refractivity (Wildman–Crippen MR) is 139 cm³/mol. The summed E-state index contributed by atoms with van der Waals surface area (Å²) < 4.78 is 5.33. The third-order valence-corrected chi connectivity index (χ3v) is 6.69. The van der Waals surface area contributed by atoms with Crippen molar-refractivity contribution in [3.05, 3.63) is 120 Å². The van der Waals surface area contributed by atoms with Gasteiger partial charge in [0.2, 0.25) is 11.8 Å². The van der Waals surface area contributed by atoms with Crippen LogP contribution >= 0.6 is 0 Å². The lowest BCUT2D eigenvalue weighted by molar-refractivity contribution is -0.142. The number of amides is 2. The Morgan fingerprint density at radius 2 is 1.58 bits per heavy atom. The topological polar surface area (TPSA) is 88.6 Å². The number of nitrogens with zero attached hydrogens (tertiary/aromatic N) is 1. The SMILES string of the molecule is NC(Cc1ccc(-c2ccccc2)cc1)C(=O)N1Cc2ccccc2CC1C(=O)NCc1ccco1. The highest BCUT2D eigenvalue weighted by Gasteiger charge is 2.36. The Bertz CT molecular complexity index is 1320. The van der Waals surface area contributed by atoms with Gasteiger partial charge in [0.05, 0.1) is 18.8 Å². The van der Waals surface area contributed by atoms with Gasteiger partial charge in [0.15, 0.2) is 0 Å². The molecule has 1 aliphatic heterocycles. The highest BCUT2D eigenvalue weighted by Crippen LogP contribution is 2.25. The average Bonchev–Trinajstić information content (AvgIpc) is 3.45. The Morgan fingerprint density at radius 3 is 2.31 bits per heavy atom. The van der Waals surface area contributed by atoms with Crippen molar-refractivity contribution in [2.75, 3.05) is 0 Å². The molecule has 2 heterocycles. The van der Waals surface area contributed by atoms with Crippen LogP contribution in [-0.4, -0.2) is 28.8 Å². The van der Waals surface area contributed by atoms with Crippen LogP contribution in [0.5, 0.6) is 0 Å². The number of carbonyl (C=O) groups excluding carboxylic acids is 2. The largest absolute Gasteiger partial charge is 0.467 e. The van der Waals surface area contributed by atoms with Crippen LogP contribution in [0.4, 0.5) is 0 Å². The summed E-state index contributed by atoms with van der Waals surface area (Å²) >= 11 is 0. The van der Waals surface area contributed by atoms with Gasteiger partial charge < -0.3 is 20.4 Å². The molecule has 182 valence electrons. The predicted octanol–water partition coefficient (Wildman–Crippen LogP) is 4.09. The quantitative estimate of drug-likeness (QED) is 0.418. The first kappa shape index (κ1) is 23.6. The van der Waals surface area contributed by atoms with Crippen molar-refractivity contribution >= 4 is 11.8 Å². The van der Waals surface area contributed by atoms with Crippen molar-refractivity contribution in [1.82, 2.24) is 10.2 Å². The van der Waals surface area contributed by atoms with Crippen LogP contribution in [0.1, 0.15) is 22.5 Å². The number of carbonyl (C=O) groups is 2. The minimum Gasteiger partial charge on any atom is -0.467 e. The van der Waals surface area contributed by atoms with Gasteiger partial charge in [-0.1, -0.05) is 78.9 Å². The molecule has 0 bridgehead atoms. The number of nitrogens with one attached hydrogen (secondary N) is 1. The summed E-state index contributed by atoms with van der Waals surface area (Å²) in [6.07, 6.45) is 2.41. The molecule has 36 heavy (non-hydrogen) atoms. The third-order valence-electron chi connectivity index (χ3n) is 6.69. The molecule has 0 spiro atoms. The molecule has 2 unspecified atom stereocenters. The maximum absolute atomic E-state index is 13.6. The van der Waals surface area contributed by atoms with E-state index in [4.69, 9.17) is 10.2 Å². The van der Waals surface area contributed by atoms with Gasteiger partial charge >= 0.3 is 0 Å². The monoisotopic (exact) mass is 479 g/mol. The molecule has 3 aromatic carbocycles. The number of benzene rings is 3. The van der Waals surface area contributed by atoms with E-state index in [1.807, 2.05) is 66.7 Å². The van der Waals surface area contributed by atoms with Crippen molar-refractivity contribution in [2.45, 2.75) is 38.0 Å². The Hall–Kier alpha value is -4.16. The Kier molecular flexibility index (Phi) is 6.96. The molecule has 4 aromatic rings. The average molecular weight is 480 g/mol. The van der Waals surface area contributed by atoms with Crippen molar-refractivity contribution in [1.29, 1.82) is 0 Å². The molecule has 0 fully saturated rings. The molecule has 0 aliphatic carbocycles. The van der Waals surface area contributed by atoms with Crippen LogP contribution in [0.25, 0.3) is 11.1 Å². The second kappa shape index (κ2) is 10.6. The Labute approximate surface area is 210 Å². The van der Waals surface area contributed by atoms with E-state index in [1.165, 1.54) is 0 Å². The summed E-state index contributed by atoms with van der Waals surface area (Å²) in [5, 5.41) is 2.91. The molecule has 2 amide bonds. The zero-order valence-corrected chi connectivity index (χ0v) is 20.0. The van der Waals surface area contributed by atoms with E-state index >= 15 is 0 Å². The van der Waals surface area contributed by atoms with Gasteiger partial charge in [-0.05, 0) is 46.4 Å². The van der Waals surface area contributed by atoms with Gasteiger partial charge in [0, 0.05) is 13.0 Å². The summed E-state index contributed by atoms with van der Waals surface area (Å²) in [5.74, 6) is 0.219. The number of fused-ring (bicyclic) bond motifs is 1. The summed E-state index contributed by atoms with van der Waals surface area (Å²) in [5.41, 5.74) is 11.8. The van der Waals surface area contributed by atoms with Crippen molar-refractivity contribution in [3.8, 4) is 11.1 Å². The van der Waals surface area contributed by atoms with Crippen molar-refractivity contribution in [3.63, 3.8) is 0 Å². The lowest BCUT2D eigenvalue weighted by Crippen LogP contribution is -2.56. The molecule has 1 aromatic heterocycles. The fourth-order valence-electron chi connectivity index (χ4n) is 4.71. The molecule has 0 saturated carbocycles. The Morgan fingerprint density at radius 1 is 0.889 bits per heavy atom. The van der Waals surface area contributed by atoms with Crippen LogP contribution < -0.4 is 11.1 Å². The molecule has 6 heteroatoms. The number of rotatable bonds is 7. The summed E-state index contributed by atoms with van der Waals surface area (Å²) in [6.45, 7) is 0.625. The van der Waals surface area contributed by atoms with Crippen LogP contribution in [0.3, 0.4) is 0 Å². The molecule has 1 aliphatic rings. The molecule has 2 atom stereocenters. The number of hydrogen-bond acceptors (Lipinski definition) is 4. The van der Waals surface area contributed by atoms with E-state index in [9.17, 15) is 9.59 Å². The normalized spacial score (nSPS) is 15.7. The van der Waals surface area contributed by atoms with Gasteiger partial charge in [-0.15, -0.1) is 0 Å². The molecule has 3 N–H and O–H groups in total. The standard InChI is InChI=1S/C30H29N3O3/c31-27(17-21-12-14-23(15-13-21)22-7-2-1-3-8-22)30(35)33-20-25-10-5-4-9-24(25)18-28(33)29(34)32-19-26-11-6-16-36-26/h1-16,27-28H,17-20,31H2,(H,32,34). The third kappa shape index (κ3) is 5.24. The van der Waals surface area contributed by atoms with Gasteiger partial charge in [0.1, 0.15) is 11.8 Å². The van der Waals surface area contributed by atoms with E-state index in [0.29, 0.717) is 25.1 Å². The van der Waals surface area contributed by atoms with Crippen molar-refractivity contribution < 1.29 is 14.0 Å². The second-order valence-corrected chi connectivity index (χ2v) is 9.13. The van der Waals surface area contributed by atoms with E-state index in [2.05, 4.69) is 17.4 Å². The van der Waals surface area contributed by atoms with Gasteiger partial charge in [-0.25, -0.2) is 0 Å². The highest BCUT2D eigenvalue weighted by molar-refractivity contribution is 5.90. The van der Waals surface area contributed by atoms with E-state index in [1.54, 1.807) is 23.3 Å². The smallest absolute Gasteiger partial charge is 0.243 e.